The Hall–Kier alpha value is -2.89. The fraction of sp³-hybridized carbons (Fsp3) is 0.350. The Morgan fingerprint density at radius 3 is 2.69 bits per heavy atom. The number of nitrogens with one attached hydrogen (secondary N) is 3. The van der Waals surface area contributed by atoms with Crippen molar-refractivity contribution >= 4 is 17.6 Å². The Morgan fingerprint density at radius 1 is 1.15 bits per heavy atom. The van der Waals surface area contributed by atoms with E-state index in [9.17, 15) is 4.79 Å². The molecule has 1 fully saturated rings. The molecule has 0 aliphatic heterocycles. The van der Waals surface area contributed by atoms with Crippen LogP contribution in [0.5, 0.6) is 0 Å². The Labute approximate surface area is 154 Å². The highest BCUT2D eigenvalue weighted by Gasteiger charge is 2.25. The van der Waals surface area contributed by atoms with E-state index in [0.717, 1.165) is 36.2 Å². The van der Waals surface area contributed by atoms with E-state index in [1.54, 1.807) is 13.2 Å². The molecular weight excluding hydrogens is 326 g/mol. The minimum atomic E-state index is 0.134. The maximum absolute atomic E-state index is 12.1. The Morgan fingerprint density at radius 2 is 2.00 bits per heavy atom. The number of guanidine groups is 1. The van der Waals surface area contributed by atoms with Gasteiger partial charge in [-0.05, 0) is 42.7 Å². The average Bonchev–Trinajstić information content (AvgIpc) is 2.61. The van der Waals surface area contributed by atoms with Crippen LogP contribution in [0.3, 0.4) is 0 Å². The van der Waals surface area contributed by atoms with Gasteiger partial charge in [-0.3, -0.25) is 14.8 Å². The predicted molar refractivity (Wildman–Crippen MR) is 104 cm³/mol. The molecule has 1 aromatic heterocycles. The second-order valence-electron chi connectivity index (χ2n) is 6.42. The lowest BCUT2D eigenvalue weighted by molar-refractivity contribution is -0.122. The van der Waals surface area contributed by atoms with Gasteiger partial charge in [0.1, 0.15) is 0 Å². The van der Waals surface area contributed by atoms with Crippen LogP contribution < -0.4 is 16.0 Å². The lowest BCUT2D eigenvalue weighted by Gasteiger charge is -2.24. The van der Waals surface area contributed by atoms with Crippen molar-refractivity contribution in [3.05, 3.63) is 59.9 Å². The van der Waals surface area contributed by atoms with E-state index in [4.69, 9.17) is 0 Å². The van der Waals surface area contributed by atoms with E-state index < -0.39 is 0 Å². The summed E-state index contributed by atoms with van der Waals surface area (Å²) < 4.78 is 0. The summed E-state index contributed by atoms with van der Waals surface area (Å²) in [5.74, 6) is 1.03. The van der Waals surface area contributed by atoms with Gasteiger partial charge in [-0.25, -0.2) is 0 Å². The molecule has 1 amide bonds. The number of aliphatic imine (C=N–C) groups is 1. The topological polar surface area (TPSA) is 78.4 Å². The number of aromatic nitrogens is 1. The van der Waals surface area contributed by atoms with Crippen molar-refractivity contribution in [1.29, 1.82) is 0 Å². The van der Waals surface area contributed by atoms with Crippen LogP contribution in [0.2, 0.25) is 0 Å². The minimum absolute atomic E-state index is 0.134. The fourth-order valence-corrected chi connectivity index (χ4v) is 2.76. The van der Waals surface area contributed by atoms with E-state index in [-0.39, 0.29) is 11.8 Å². The second kappa shape index (κ2) is 8.99. The third kappa shape index (κ3) is 5.05. The van der Waals surface area contributed by atoms with E-state index in [1.807, 2.05) is 42.5 Å². The monoisotopic (exact) mass is 351 g/mol. The summed E-state index contributed by atoms with van der Waals surface area (Å²) in [6.07, 6.45) is 4.94. The first-order valence-electron chi connectivity index (χ1n) is 8.99. The minimum Gasteiger partial charge on any atom is -0.352 e. The summed E-state index contributed by atoms with van der Waals surface area (Å²) in [6, 6.07) is 13.7. The maximum atomic E-state index is 12.1. The van der Waals surface area contributed by atoms with Gasteiger partial charge in [0.05, 0.1) is 12.2 Å². The van der Waals surface area contributed by atoms with Crippen LogP contribution in [0, 0.1) is 5.92 Å². The fourth-order valence-electron chi connectivity index (χ4n) is 2.76. The smallest absolute Gasteiger partial charge is 0.227 e. The van der Waals surface area contributed by atoms with Gasteiger partial charge in [-0.15, -0.1) is 0 Å². The number of pyridine rings is 1. The molecule has 6 nitrogen and oxygen atoms in total. The van der Waals surface area contributed by atoms with Gasteiger partial charge in [-0.2, -0.15) is 0 Å². The van der Waals surface area contributed by atoms with Crippen molar-refractivity contribution in [3.63, 3.8) is 0 Å². The summed E-state index contributed by atoms with van der Waals surface area (Å²) in [7, 11) is 1.74. The molecule has 26 heavy (non-hydrogen) atoms. The standard InChI is InChI=1S/C20H25N5O/c1-21-20(24-14-18-9-2-3-11-22-18)23-13-15-6-4-10-17(12-15)25-19(26)16-7-5-8-16/h2-4,6,9-12,16H,5,7-8,13-14H2,1H3,(H,25,26)(H2,21,23,24). The zero-order chi connectivity index (χ0) is 18.2. The van der Waals surface area contributed by atoms with E-state index in [2.05, 4.69) is 25.9 Å². The van der Waals surface area contributed by atoms with Crippen molar-refractivity contribution in [3.8, 4) is 0 Å². The van der Waals surface area contributed by atoms with Gasteiger partial charge in [0.2, 0.25) is 5.91 Å². The summed E-state index contributed by atoms with van der Waals surface area (Å²) in [5.41, 5.74) is 2.88. The van der Waals surface area contributed by atoms with Gasteiger partial charge < -0.3 is 16.0 Å². The molecule has 2 aromatic rings. The molecule has 0 saturated heterocycles. The molecule has 1 saturated carbocycles. The third-order valence-electron chi connectivity index (χ3n) is 4.52. The maximum Gasteiger partial charge on any atom is 0.227 e. The number of benzene rings is 1. The molecule has 6 heteroatoms. The number of nitrogens with zero attached hydrogens (tertiary/aromatic N) is 2. The first-order valence-corrected chi connectivity index (χ1v) is 8.99. The van der Waals surface area contributed by atoms with Crippen molar-refractivity contribution in [2.45, 2.75) is 32.4 Å². The van der Waals surface area contributed by atoms with Crippen molar-refractivity contribution in [2.75, 3.05) is 12.4 Å². The molecule has 0 unspecified atom stereocenters. The highest BCUT2D eigenvalue weighted by Crippen LogP contribution is 2.27. The molecule has 0 spiro atoms. The summed E-state index contributed by atoms with van der Waals surface area (Å²) >= 11 is 0. The molecule has 0 bridgehead atoms. The van der Waals surface area contributed by atoms with E-state index in [1.165, 1.54) is 0 Å². The summed E-state index contributed by atoms with van der Waals surface area (Å²) in [5, 5.41) is 9.53. The van der Waals surface area contributed by atoms with Crippen LogP contribution in [0.15, 0.2) is 53.7 Å². The van der Waals surface area contributed by atoms with Crippen LogP contribution in [0.4, 0.5) is 5.69 Å². The predicted octanol–water partition coefficient (Wildman–Crippen LogP) is 2.69. The number of anilines is 1. The SMILES string of the molecule is CN=C(NCc1cccc(NC(=O)C2CCC2)c1)NCc1ccccn1. The Bertz CT molecular complexity index is 756. The molecule has 0 radical (unpaired) electrons. The lowest BCUT2D eigenvalue weighted by atomic mass is 9.85. The van der Waals surface area contributed by atoms with Crippen molar-refractivity contribution in [2.24, 2.45) is 10.9 Å². The zero-order valence-corrected chi connectivity index (χ0v) is 15.0. The van der Waals surface area contributed by atoms with Crippen LogP contribution in [-0.4, -0.2) is 23.9 Å². The molecule has 3 N–H and O–H groups in total. The van der Waals surface area contributed by atoms with Crippen LogP contribution in [-0.2, 0) is 17.9 Å². The first-order chi connectivity index (χ1) is 12.7. The van der Waals surface area contributed by atoms with Crippen LogP contribution in [0.25, 0.3) is 0 Å². The molecule has 1 heterocycles. The van der Waals surface area contributed by atoms with Gasteiger partial charge in [0, 0.05) is 31.4 Å². The molecule has 0 atom stereocenters. The number of carbonyl (C=O) groups is 1. The first kappa shape index (κ1) is 17.9. The number of hydrogen-bond acceptors (Lipinski definition) is 3. The Kier molecular flexibility index (Phi) is 6.19. The van der Waals surface area contributed by atoms with E-state index >= 15 is 0 Å². The third-order valence-corrected chi connectivity index (χ3v) is 4.52. The van der Waals surface area contributed by atoms with Crippen molar-refractivity contribution < 1.29 is 4.79 Å². The Balaban J connectivity index is 1.49. The molecule has 1 aliphatic carbocycles. The summed E-state index contributed by atoms with van der Waals surface area (Å²) in [4.78, 5) is 20.6. The highest BCUT2D eigenvalue weighted by molar-refractivity contribution is 5.93. The van der Waals surface area contributed by atoms with Gasteiger partial charge in [0.25, 0.3) is 0 Å². The molecule has 1 aromatic carbocycles. The average molecular weight is 351 g/mol. The van der Waals surface area contributed by atoms with Crippen LogP contribution >= 0.6 is 0 Å². The lowest BCUT2D eigenvalue weighted by Crippen LogP contribution is -2.36. The zero-order valence-electron chi connectivity index (χ0n) is 15.0. The van der Waals surface area contributed by atoms with Gasteiger partial charge >= 0.3 is 0 Å². The van der Waals surface area contributed by atoms with Crippen molar-refractivity contribution in [1.82, 2.24) is 15.6 Å². The summed E-state index contributed by atoms with van der Waals surface area (Å²) in [6.45, 7) is 1.23. The van der Waals surface area contributed by atoms with E-state index in [0.29, 0.717) is 19.0 Å². The number of carbonyl (C=O) groups excluding carboxylic acids is 1. The number of hydrogen-bond donors (Lipinski definition) is 3. The largest absolute Gasteiger partial charge is 0.352 e. The van der Waals surface area contributed by atoms with Crippen LogP contribution in [0.1, 0.15) is 30.5 Å². The highest BCUT2D eigenvalue weighted by atomic mass is 16.1. The number of amides is 1. The van der Waals surface area contributed by atoms with Gasteiger partial charge in [-0.1, -0.05) is 24.6 Å². The molecular formula is C20H25N5O. The molecule has 3 rings (SSSR count). The molecule has 1 aliphatic rings. The number of rotatable bonds is 6. The van der Waals surface area contributed by atoms with Gasteiger partial charge in [0.15, 0.2) is 5.96 Å². The quantitative estimate of drug-likeness (QED) is 0.552. The second-order valence-corrected chi connectivity index (χ2v) is 6.42. The molecule has 136 valence electrons. The normalized spacial score (nSPS) is 14.4.